The first-order chi connectivity index (χ1) is 7.81. The van der Waals surface area contributed by atoms with Gasteiger partial charge in [0.2, 0.25) is 5.16 Å². The van der Waals surface area contributed by atoms with E-state index >= 15 is 0 Å². The largest absolute Gasteiger partial charge is 0.336 e. The van der Waals surface area contributed by atoms with Crippen LogP contribution in [0.25, 0.3) is 0 Å². The molecule has 0 aliphatic carbocycles. The predicted molar refractivity (Wildman–Crippen MR) is 65.6 cm³/mol. The normalized spacial score (nSPS) is 10.6. The van der Waals surface area contributed by atoms with Gasteiger partial charge in [-0.15, -0.1) is 10.2 Å². The Hall–Kier alpha value is -1.49. The second-order valence-electron chi connectivity index (χ2n) is 3.40. The van der Waals surface area contributed by atoms with Crippen molar-refractivity contribution in [1.82, 2.24) is 14.9 Å². The summed E-state index contributed by atoms with van der Waals surface area (Å²) in [6.45, 7) is 2.01. The molecule has 0 bridgehead atoms. The Morgan fingerprint density at radius 1 is 1.25 bits per heavy atom. The van der Waals surface area contributed by atoms with Crippen molar-refractivity contribution in [3.8, 4) is 0 Å². The number of rotatable bonds is 4. The van der Waals surface area contributed by atoms with Gasteiger partial charge in [-0.2, -0.15) is 0 Å². The average molecular weight is 234 g/mol. The molecule has 0 atom stereocenters. The summed E-state index contributed by atoms with van der Waals surface area (Å²) in [6, 6.07) is 10.2. The van der Waals surface area contributed by atoms with Gasteiger partial charge in [0.05, 0.1) is 0 Å². The quantitative estimate of drug-likeness (QED) is 0.648. The van der Waals surface area contributed by atoms with E-state index in [1.54, 1.807) is 16.4 Å². The third-order valence-corrected chi connectivity index (χ3v) is 3.28. The summed E-state index contributed by atoms with van der Waals surface area (Å²) in [6.07, 6.45) is 0.801. The zero-order valence-corrected chi connectivity index (χ0v) is 9.94. The van der Waals surface area contributed by atoms with Crippen molar-refractivity contribution in [3.63, 3.8) is 0 Å². The van der Waals surface area contributed by atoms with Crippen molar-refractivity contribution in [2.45, 2.75) is 24.3 Å². The van der Waals surface area contributed by atoms with E-state index < -0.39 is 0 Å². The molecule has 1 aromatic carbocycles. The molecule has 2 aromatic rings. The van der Waals surface area contributed by atoms with E-state index in [4.69, 9.17) is 5.84 Å². The molecule has 0 aliphatic heterocycles. The number of thioether (sulfide) groups is 1. The molecule has 2 rings (SSSR count). The van der Waals surface area contributed by atoms with Gasteiger partial charge in [0, 0.05) is 12.2 Å². The Morgan fingerprint density at radius 3 is 2.62 bits per heavy atom. The molecule has 4 nitrogen and oxygen atoms in total. The fourth-order valence-corrected chi connectivity index (χ4v) is 2.20. The summed E-state index contributed by atoms with van der Waals surface area (Å²) in [5, 5.41) is 8.83. The third kappa shape index (κ3) is 2.36. The molecule has 1 heterocycles. The maximum Gasteiger partial charge on any atom is 0.210 e. The first-order valence-electron chi connectivity index (χ1n) is 5.17. The molecule has 0 saturated carbocycles. The smallest absolute Gasteiger partial charge is 0.210 e. The van der Waals surface area contributed by atoms with Crippen molar-refractivity contribution >= 4 is 11.8 Å². The summed E-state index contributed by atoms with van der Waals surface area (Å²) in [7, 11) is 0. The lowest BCUT2D eigenvalue weighted by Gasteiger charge is -2.02. The van der Waals surface area contributed by atoms with Crippen LogP contribution < -0.4 is 5.84 Å². The molecule has 84 valence electrons. The molecule has 0 spiro atoms. The summed E-state index contributed by atoms with van der Waals surface area (Å²) >= 11 is 1.60. The first kappa shape index (κ1) is 11.0. The number of nitrogens with zero attached hydrogens (tertiary/aromatic N) is 3. The monoisotopic (exact) mass is 234 g/mol. The fourth-order valence-electron chi connectivity index (χ4n) is 1.37. The summed E-state index contributed by atoms with van der Waals surface area (Å²) < 4.78 is 1.56. The fraction of sp³-hybridized carbons (Fsp3) is 0.273. The molecule has 16 heavy (non-hydrogen) atoms. The number of aryl methyl sites for hydroxylation is 1. The number of hydrogen-bond acceptors (Lipinski definition) is 4. The minimum atomic E-state index is 0.765. The van der Waals surface area contributed by atoms with Crippen LogP contribution in [-0.2, 0) is 12.2 Å². The van der Waals surface area contributed by atoms with Crippen LogP contribution in [-0.4, -0.2) is 14.9 Å². The van der Waals surface area contributed by atoms with Crippen LogP contribution >= 0.6 is 11.8 Å². The van der Waals surface area contributed by atoms with E-state index in [2.05, 4.69) is 22.3 Å². The minimum absolute atomic E-state index is 0.765. The molecule has 2 N–H and O–H groups in total. The Bertz CT molecular complexity index is 452. The van der Waals surface area contributed by atoms with Gasteiger partial charge in [-0.3, -0.25) is 0 Å². The van der Waals surface area contributed by atoms with Crippen LogP contribution in [0.3, 0.4) is 0 Å². The van der Waals surface area contributed by atoms with E-state index in [9.17, 15) is 0 Å². The standard InChI is InChI=1S/C11H14N4S/c1-2-10-13-14-11(15(10)12)16-8-9-6-4-3-5-7-9/h3-7H,2,8,12H2,1H3. The highest BCUT2D eigenvalue weighted by molar-refractivity contribution is 7.98. The van der Waals surface area contributed by atoms with Crippen molar-refractivity contribution in [3.05, 3.63) is 41.7 Å². The van der Waals surface area contributed by atoms with Crippen molar-refractivity contribution in [2.75, 3.05) is 5.84 Å². The molecule has 5 heteroatoms. The van der Waals surface area contributed by atoms with Gasteiger partial charge in [0.25, 0.3) is 0 Å². The number of nitrogen functional groups attached to an aromatic ring is 1. The highest BCUT2D eigenvalue weighted by atomic mass is 32.2. The molecule has 0 fully saturated rings. The first-order valence-corrected chi connectivity index (χ1v) is 6.16. The zero-order valence-electron chi connectivity index (χ0n) is 9.13. The number of nitrogens with two attached hydrogens (primary N) is 1. The van der Waals surface area contributed by atoms with E-state index in [-0.39, 0.29) is 0 Å². The molecule has 0 amide bonds. The van der Waals surface area contributed by atoms with Crippen LogP contribution in [0.5, 0.6) is 0 Å². The van der Waals surface area contributed by atoms with Gasteiger partial charge < -0.3 is 5.84 Å². The summed E-state index contributed by atoms with van der Waals surface area (Å²) in [4.78, 5) is 0. The maximum absolute atomic E-state index is 5.85. The lowest BCUT2D eigenvalue weighted by molar-refractivity contribution is 0.796. The van der Waals surface area contributed by atoms with Gasteiger partial charge in [0.1, 0.15) is 0 Å². The highest BCUT2D eigenvalue weighted by Crippen LogP contribution is 2.19. The highest BCUT2D eigenvalue weighted by Gasteiger charge is 2.07. The number of benzene rings is 1. The van der Waals surface area contributed by atoms with Crippen molar-refractivity contribution < 1.29 is 0 Å². The lowest BCUT2D eigenvalue weighted by atomic mass is 10.2. The molecule has 1 aromatic heterocycles. The van der Waals surface area contributed by atoms with E-state index in [0.717, 1.165) is 23.2 Å². The van der Waals surface area contributed by atoms with Crippen molar-refractivity contribution in [1.29, 1.82) is 0 Å². The molecular weight excluding hydrogens is 220 g/mol. The topological polar surface area (TPSA) is 56.7 Å². The zero-order chi connectivity index (χ0) is 11.4. The maximum atomic E-state index is 5.85. The Kier molecular flexibility index (Phi) is 3.46. The summed E-state index contributed by atoms with van der Waals surface area (Å²) in [5.74, 6) is 7.53. The van der Waals surface area contributed by atoms with E-state index in [0.29, 0.717) is 0 Å². The molecular formula is C11H14N4S. The number of aromatic nitrogens is 3. The van der Waals surface area contributed by atoms with E-state index in [1.165, 1.54) is 5.56 Å². The Balaban J connectivity index is 2.02. The Morgan fingerprint density at radius 2 is 2.00 bits per heavy atom. The van der Waals surface area contributed by atoms with Crippen LogP contribution in [0.1, 0.15) is 18.3 Å². The molecule has 0 saturated heterocycles. The van der Waals surface area contributed by atoms with Crippen LogP contribution in [0.15, 0.2) is 35.5 Å². The number of hydrogen-bond donors (Lipinski definition) is 1. The second-order valence-corrected chi connectivity index (χ2v) is 4.34. The van der Waals surface area contributed by atoms with Gasteiger partial charge in [-0.1, -0.05) is 49.0 Å². The molecule has 0 radical (unpaired) electrons. The molecule has 0 aliphatic rings. The third-order valence-electron chi connectivity index (χ3n) is 2.26. The lowest BCUT2D eigenvalue weighted by Crippen LogP contribution is -2.13. The van der Waals surface area contributed by atoms with Crippen LogP contribution in [0, 0.1) is 0 Å². The van der Waals surface area contributed by atoms with Crippen molar-refractivity contribution in [2.24, 2.45) is 0 Å². The predicted octanol–water partition coefficient (Wildman–Crippen LogP) is 1.85. The van der Waals surface area contributed by atoms with E-state index in [1.807, 2.05) is 25.1 Å². The van der Waals surface area contributed by atoms with Gasteiger partial charge >= 0.3 is 0 Å². The average Bonchev–Trinajstić information content (AvgIpc) is 2.69. The van der Waals surface area contributed by atoms with Crippen LogP contribution in [0.4, 0.5) is 0 Å². The van der Waals surface area contributed by atoms with Gasteiger partial charge in [0.15, 0.2) is 5.82 Å². The minimum Gasteiger partial charge on any atom is -0.336 e. The SMILES string of the molecule is CCc1nnc(SCc2ccccc2)n1N. The second kappa shape index (κ2) is 5.03. The summed E-state index contributed by atoms with van der Waals surface area (Å²) in [5.41, 5.74) is 1.26. The van der Waals surface area contributed by atoms with Crippen LogP contribution in [0.2, 0.25) is 0 Å². The Labute approximate surface area is 98.8 Å². The van der Waals surface area contributed by atoms with Gasteiger partial charge in [-0.25, -0.2) is 4.68 Å². The van der Waals surface area contributed by atoms with Gasteiger partial charge in [-0.05, 0) is 5.56 Å². The molecule has 0 unspecified atom stereocenters.